The number of thiazole rings is 1. The van der Waals surface area contributed by atoms with Crippen LogP contribution in [0.25, 0.3) is 12.2 Å². The van der Waals surface area contributed by atoms with Gasteiger partial charge in [0.05, 0.1) is 6.61 Å². The summed E-state index contributed by atoms with van der Waals surface area (Å²) < 4.78 is 38.7. The number of hydrogen-bond donors (Lipinski definition) is 1. The summed E-state index contributed by atoms with van der Waals surface area (Å²) >= 11 is 1.29. The molecule has 0 spiro atoms. The maximum atomic E-state index is 13.9. The third-order valence-corrected chi connectivity index (χ3v) is 4.71. The van der Waals surface area contributed by atoms with Crippen molar-refractivity contribution < 1.29 is 23.0 Å². The summed E-state index contributed by atoms with van der Waals surface area (Å²) in [7, 11) is 1.56. The van der Waals surface area contributed by atoms with Crippen LogP contribution in [0.4, 0.5) is 13.9 Å². The normalized spacial score (nSPS) is 12.1. The molecule has 5 nitrogen and oxygen atoms in total. The Morgan fingerprint density at radius 3 is 2.67 bits per heavy atom. The van der Waals surface area contributed by atoms with Crippen molar-refractivity contribution in [3.8, 4) is 5.75 Å². The van der Waals surface area contributed by atoms with E-state index in [1.807, 2.05) is 6.92 Å². The van der Waals surface area contributed by atoms with Crippen LogP contribution < -0.4 is 10.1 Å². The Kier molecular flexibility index (Phi) is 7.26. The molecule has 2 aromatic carbocycles. The maximum absolute atomic E-state index is 13.9. The molecule has 3 aromatic rings. The first-order valence-electron chi connectivity index (χ1n) is 9.10. The van der Waals surface area contributed by atoms with Gasteiger partial charge in [-0.3, -0.25) is 10.1 Å². The molecule has 1 heterocycles. The number of nitrogens with zero attached hydrogens (tertiary/aromatic N) is 1. The fraction of sp³-hybridized carbons (Fsp3) is 0.182. The number of aromatic nitrogens is 1. The third kappa shape index (κ3) is 5.71. The van der Waals surface area contributed by atoms with Gasteiger partial charge < -0.3 is 9.47 Å². The minimum atomic E-state index is -0.672. The van der Waals surface area contributed by atoms with Gasteiger partial charge in [0, 0.05) is 29.8 Å². The topological polar surface area (TPSA) is 60.5 Å². The molecular weight excluding hydrogens is 410 g/mol. The second-order valence-corrected chi connectivity index (χ2v) is 7.33. The van der Waals surface area contributed by atoms with Crippen molar-refractivity contribution in [1.29, 1.82) is 0 Å². The van der Waals surface area contributed by atoms with Crippen molar-refractivity contribution in [2.24, 2.45) is 0 Å². The van der Waals surface area contributed by atoms with Crippen LogP contribution in [-0.4, -0.2) is 30.7 Å². The highest BCUT2D eigenvalue weighted by atomic mass is 32.1. The molecule has 0 saturated heterocycles. The fourth-order valence-electron chi connectivity index (χ4n) is 2.72. The van der Waals surface area contributed by atoms with Crippen molar-refractivity contribution in [2.75, 3.05) is 19.0 Å². The van der Waals surface area contributed by atoms with Gasteiger partial charge in [0.2, 0.25) is 0 Å². The van der Waals surface area contributed by atoms with Crippen LogP contribution >= 0.6 is 11.3 Å². The molecule has 8 heteroatoms. The molecule has 0 fully saturated rings. The first kappa shape index (κ1) is 21.6. The summed E-state index contributed by atoms with van der Waals surface area (Å²) in [4.78, 5) is 16.7. The Morgan fingerprint density at radius 1 is 1.23 bits per heavy atom. The number of methoxy groups -OCH3 is 1. The predicted octanol–water partition coefficient (Wildman–Crippen LogP) is 5.26. The zero-order valence-corrected chi connectivity index (χ0v) is 17.2. The van der Waals surface area contributed by atoms with Crippen LogP contribution in [0.2, 0.25) is 0 Å². The Hall–Kier alpha value is -3.10. The quantitative estimate of drug-likeness (QED) is 0.496. The van der Waals surface area contributed by atoms with Crippen LogP contribution in [0, 0.1) is 11.6 Å². The molecule has 0 unspecified atom stereocenters. The van der Waals surface area contributed by atoms with Gasteiger partial charge in [-0.15, -0.1) is 11.3 Å². The lowest BCUT2D eigenvalue weighted by Gasteiger charge is -2.15. The van der Waals surface area contributed by atoms with Gasteiger partial charge in [-0.1, -0.05) is 12.1 Å². The molecule has 0 aliphatic rings. The van der Waals surface area contributed by atoms with Gasteiger partial charge in [0.15, 0.2) is 5.13 Å². The number of carbonyl (C=O) groups is 1. The number of ether oxygens (including phenoxy) is 2. The molecule has 0 aliphatic carbocycles. The Balaban J connectivity index is 1.92. The molecule has 1 N–H and O–H groups in total. The Morgan fingerprint density at radius 2 is 2.00 bits per heavy atom. The van der Waals surface area contributed by atoms with Crippen molar-refractivity contribution in [3.05, 3.63) is 76.3 Å². The number of amides is 1. The van der Waals surface area contributed by atoms with Crippen LogP contribution in [0.1, 0.15) is 28.4 Å². The third-order valence-electron chi connectivity index (χ3n) is 4.02. The monoisotopic (exact) mass is 430 g/mol. The standard InChI is InChI=1S/C22H20F2N2O3S/c1-14(13-28-2)29-17-11-15(6-7-18-19(23)4-3-5-20(18)24)10-16(12-17)21(27)26-22-25-8-9-30-22/h3-12,14H,13H2,1-2H3,(H,25,26,27)/b7-6+/t14-/m0/s1. The number of halogens is 2. The first-order valence-corrected chi connectivity index (χ1v) is 9.98. The number of carbonyl (C=O) groups excluding carboxylic acids is 1. The lowest BCUT2D eigenvalue weighted by Crippen LogP contribution is -2.18. The van der Waals surface area contributed by atoms with E-state index >= 15 is 0 Å². The van der Waals surface area contributed by atoms with Crippen LogP contribution in [0.15, 0.2) is 48.0 Å². The van der Waals surface area contributed by atoms with Gasteiger partial charge in [-0.25, -0.2) is 13.8 Å². The summed E-state index contributed by atoms with van der Waals surface area (Å²) in [6.45, 7) is 2.19. The molecule has 0 radical (unpaired) electrons. The average molecular weight is 430 g/mol. The minimum absolute atomic E-state index is 0.162. The SMILES string of the molecule is COC[C@H](C)Oc1cc(/C=C/c2c(F)cccc2F)cc(C(=O)Nc2nccs2)c1. The molecule has 0 saturated carbocycles. The summed E-state index contributed by atoms with van der Waals surface area (Å²) in [5.74, 6) is -1.29. The number of rotatable bonds is 8. The van der Waals surface area contributed by atoms with Gasteiger partial charge in [-0.05, 0) is 48.9 Å². The van der Waals surface area contributed by atoms with E-state index in [9.17, 15) is 13.6 Å². The molecule has 156 valence electrons. The highest BCUT2D eigenvalue weighted by Crippen LogP contribution is 2.23. The molecule has 1 aromatic heterocycles. The van der Waals surface area contributed by atoms with E-state index in [2.05, 4.69) is 10.3 Å². The maximum Gasteiger partial charge on any atom is 0.257 e. The lowest BCUT2D eigenvalue weighted by atomic mass is 10.1. The van der Waals surface area contributed by atoms with Crippen LogP contribution in [0.3, 0.4) is 0 Å². The second kappa shape index (κ2) is 10.1. The van der Waals surface area contributed by atoms with E-state index in [-0.39, 0.29) is 17.6 Å². The number of hydrogen-bond acceptors (Lipinski definition) is 5. The van der Waals surface area contributed by atoms with Crippen molar-refractivity contribution in [1.82, 2.24) is 4.98 Å². The Labute approximate surface area is 177 Å². The zero-order valence-electron chi connectivity index (χ0n) is 16.4. The summed E-state index contributed by atoms with van der Waals surface area (Å²) in [5, 5.41) is 4.92. The van der Waals surface area contributed by atoms with Crippen molar-refractivity contribution in [2.45, 2.75) is 13.0 Å². The van der Waals surface area contributed by atoms with Gasteiger partial charge in [0.25, 0.3) is 5.91 Å². The van der Waals surface area contributed by atoms with E-state index in [0.29, 0.717) is 28.6 Å². The lowest BCUT2D eigenvalue weighted by molar-refractivity contribution is 0.0917. The highest BCUT2D eigenvalue weighted by Gasteiger charge is 2.13. The smallest absolute Gasteiger partial charge is 0.257 e. The second-order valence-electron chi connectivity index (χ2n) is 6.43. The number of anilines is 1. The molecule has 1 atom stereocenters. The van der Waals surface area contributed by atoms with E-state index in [0.717, 1.165) is 0 Å². The first-order chi connectivity index (χ1) is 14.5. The molecule has 0 bridgehead atoms. The van der Waals surface area contributed by atoms with Gasteiger partial charge >= 0.3 is 0 Å². The molecular formula is C22H20F2N2O3S. The predicted molar refractivity (Wildman–Crippen MR) is 114 cm³/mol. The minimum Gasteiger partial charge on any atom is -0.488 e. The number of benzene rings is 2. The van der Waals surface area contributed by atoms with E-state index in [4.69, 9.17) is 9.47 Å². The largest absolute Gasteiger partial charge is 0.488 e. The van der Waals surface area contributed by atoms with Crippen molar-refractivity contribution in [3.63, 3.8) is 0 Å². The highest BCUT2D eigenvalue weighted by molar-refractivity contribution is 7.13. The Bertz CT molecular complexity index is 1020. The van der Waals surface area contributed by atoms with Gasteiger partial charge in [0.1, 0.15) is 23.5 Å². The zero-order chi connectivity index (χ0) is 21.5. The summed E-state index contributed by atoms with van der Waals surface area (Å²) in [5.41, 5.74) is 0.704. The van der Waals surface area contributed by atoms with E-state index in [1.54, 1.807) is 36.9 Å². The van der Waals surface area contributed by atoms with Crippen LogP contribution in [0.5, 0.6) is 5.75 Å². The summed E-state index contributed by atoms with van der Waals surface area (Å²) in [6, 6.07) is 8.54. The van der Waals surface area contributed by atoms with Crippen LogP contribution in [-0.2, 0) is 4.74 Å². The molecule has 30 heavy (non-hydrogen) atoms. The summed E-state index contributed by atoms with van der Waals surface area (Å²) in [6.07, 6.45) is 4.18. The van der Waals surface area contributed by atoms with E-state index < -0.39 is 11.6 Å². The van der Waals surface area contributed by atoms with Gasteiger partial charge in [-0.2, -0.15) is 0 Å². The fourth-order valence-corrected chi connectivity index (χ4v) is 3.25. The molecule has 1 amide bonds. The molecule has 0 aliphatic heterocycles. The van der Waals surface area contributed by atoms with Crippen molar-refractivity contribution >= 4 is 34.5 Å². The average Bonchev–Trinajstić information content (AvgIpc) is 3.20. The molecule has 3 rings (SSSR count). The van der Waals surface area contributed by atoms with E-state index in [1.165, 1.54) is 41.7 Å². The number of nitrogens with one attached hydrogen (secondary N) is 1.